The van der Waals surface area contributed by atoms with Crippen molar-refractivity contribution in [3.8, 4) is 11.5 Å². The highest BCUT2D eigenvalue weighted by Gasteiger charge is 2.50. The minimum Gasteiger partial charge on any atom is -0.493 e. The third-order valence-corrected chi connectivity index (χ3v) is 10.1. The van der Waals surface area contributed by atoms with Gasteiger partial charge >= 0.3 is 0 Å². The van der Waals surface area contributed by atoms with Gasteiger partial charge in [-0.2, -0.15) is 0 Å². The molecule has 2 fully saturated rings. The Morgan fingerprint density at radius 2 is 1.69 bits per heavy atom. The fourth-order valence-electron chi connectivity index (χ4n) is 6.35. The average molecular weight is 607 g/mol. The van der Waals surface area contributed by atoms with Gasteiger partial charge in [-0.25, -0.2) is 0 Å². The van der Waals surface area contributed by atoms with Gasteiger partial charge in [0.2, 0.25) is 11.0 Å². The number of carbonyl (C=O) groups is 2. The molecule has 3 aliphatic rings. The Balaban J connectivity index is 1.38. The van der Waals surface area contributed by atoms with E-state index < -0.39 is 10.8 Å². The predicted molar refractivity (Wildman–Crippen MR) is 165 cm³/mol. The molecule has 2 atom stereocenters. The van der Waals surface area contributed by atoms with Crippen molar-refractivity contribution in [1.29, 1.82) is 0 Å². The van der Waals surface area contributed by atoms with Crippen molar-refractivity contribution in [3.05, 3.63) is 87.9 Å². The first-order valence-corrected chi connectivity index (χ1v) is 16.1. The Bertz CT molecular complexity index is 1520. The zero-order chi connectivity index (χ0) is 29.6. The Hall–Kier alpha value is -3.20. The van der Waals surface area contributed by atoms with Crippen LogP contribution >= 0.6 is 11.6 Å². The number of amides is 1. The fraction of sp³-hybridized carbons (Fsp3) is 0.394. The van der Waals surface area contributed by atoms with Crippen LogP contribution in [0.4, 0.5) is 5.69 Å². The Kier molecular flexibility index (Phi) is 7.89. The smallest absolute Gasteiger partial charge is 0.232 e. The van der Waals surface area contributed by atoms with Crippen LogP contribution in [-0.4, -0.2) is 52.2 Å². The summed E-state index contributed by atoms with van der Waals surface area (Å²) in [5.41, 5.74) is 4.67. The average Bonchev–Trinajstić information content (AvgIpc) is 3.80. The molecule has 220 valence electrons. The summed E-state index contributed by atoms with van der Waals surface area (Å²) in [6.07, 6.45) is 2.51. The maximum atomic E-state index is 13.9. The van der Waals surface area contributed by atoms with Gasteiger partial charge in [-0.15, -0.1) is 0 Å². The normalized spacial score (nSPS) is 22.1. The molecule has 3 aromatic carbocycles. The molecule has 0 spiro atoms. The van der Waals surface area contributed by atoms with Crippen molar-refractivity contribution in [2.24, 2.45) is 0 Å². The summed E-state index contributed by atoms with van der Waals surface area (Å²) in [6.45, 7) is 5.21. The zero-order valence-corrected chi connectivity index (χ0v) is 25.7. The molecule has 6 rings (SSSR count). The molecular weight excluding hydrogens is 572 g/mol. The van der Waals surface area contributed by atoms with Gasteiger partial charge in [0.05, 0.1) is 36.5 Å². The minimum absolute atomic E-state index is 0.00979. The van der Waals surface area contributed by atoms with Gasteiger partial charge in [-0.1, -0.05) is 35.9 Å². The second kappa shape index (κ2) is 11.5. The van der Waals surface area contributed by atoms with E-state index in [0.717, 1.165) is 40.8 Å². The summed E-state index contributed by atoms with van der Waals surface area (Å²) < 4.78 is 23.9. The SMILES string of the molecule is COc1cc2c(cc1OC(C)C)[C@H](c1ccc(Cl)cc1)N(c1ccc(C3(N4CCC(=O)S(=O)CC4)CC3)cc1)C(=O)C2. The van der Waals surface area contributed by atoms with Crippen LogP contribution in [0.5, 0.6) is 11.5 Å². The highest BCUT2D eigenvalue weighted by atomic mass is 35.5. The van der Waals surface area contributed by atoms with Crippen molar-refractivity contribution in [2.75, 3.05) is 30.9 Å². The highest BCUT2D eigenvalue weighted by molar-refractivity contribution is 8.00. The maximum Gasteiger partial charge on any atom is 0.232 e. The van der Waals surface area contributed by atoms with Gasteiger partial charge in [0.15, 0.2) is 11.5 Å². The van der Waals surface area contributed by atoms with Gasteiger partial charge in [0.1, 0.15) is 0 Å². The molecule has 9 heteroatoms. The monoisotopic (exact) mass is 606 g/mol. The Morgan fingerprint density at radius 1 is 0.976 bits per heavy atom. The van der Waals surface area contributed by atoms with Crippen LogP contribution in [0.25, 0.3) is 0 Å². The summed E-state index contributed by atoms with van der Waals surface area (Å²) in [4.78, 5) is 30.1. The molecular formula is C33H35ClN2O5S. The third-order valence-electron chi connectivity index (χ3n) is 8.54. The number of ether oxygens (including phenoxy) is 2. The third kappa shape index (κ3) is 5.36. The second-order valence-corrected chi connectivity index (χ2v) is 13.5. The molecule has 2 aliphatic heterocycles. The lowest BCUT2D eigenvalue weighted by Gasteiger charge is -2.38. The van der Waals surface area contributed by atoms with Crippen molar-refractivity contribution in [2.45, 2.75) is 57.2 Å². The molecule has 0 N–H and O–H groups in total. The van der Waals surface area contributed by atoms with E-state index in [9.17, 15) is 13.8 Å². The number of halogens is 1. The van der Waals surface area contributed by atoms with Gasteiger partial charge < -0.3 is 14.4 Å². The lowest BCUT2D eigenvalue weighted by atomic mass is 9.86. The van der Waals surface area contributed by atoms with E-state index in [-0.39, 0.29) is 35.1 Å². The first kappa shape index (κ1) is 28.9. The summed E-state index contributed by atoms with van der Waals surface area (Å²) in [6, 6.07) is 19.4. The van der Waals surface area contributed by atoms with Crippen LogP contribution in [0, 0.1) is 0 Å². The van der Waals surface area contributed by atoms with Gasteiger partial charge in [0.25, 0.3) is 0 Å². The molecule has 1 aliphatic carbocycles. The zero-order valence-electron chi connectivity index (χ0n) is 24.1. The van der Waals surface area contributed by atoms with E-state index >= 15 is 0 Å². The number of carbonyl (C=O) groups excluding carboxylic acids is 2. The predicted octanol–water partition coefficient (Wildman–Crippen LogP) is 5.78. The number of benzene rings is 3. The van der Waals surface area contributed by atoms with E-state index in [2.05, 4.69) is 17.0 Å². The lowest BCUT2D eigenvalue weighted by molar-refractivity contribution is -0.118. The van der Waals surface area contributed by atoms with E-state index in [4.69, 9.17) is 21.1 Å². The Morgan fingerprint density at radius 3 is 2.33 bits per heavy atom. The van der Waals surface area contributed by atoms with Crippen LogP contribution in [0.3, 0.4) is 0 Å². The van der Waals surface area contributed by atoms with E-state index in [1.165, 1.54) is 0 Å². The quantitative estimate of drug-likeness (QED) is 0.339. The molecule has 1 unspecified atom stereocenters. The number of hydrogen-bond donors (Lipinski definition) is 0. The molecule has 0 aromatic heterocycles. The first-order chi connectivity index (χ1) is 20.2. The highest BCUT2D eigenvalue weighted by Crippen LogP contribution is 2.52. The lowest BCUT2D eigenvalue weighted by Crippen LogP contribution is -2.41. The van der Waals surface area contributed by atoms with Crippen LogP contribution in [-0.2, 0) is 32.3 Å². The molecule has 2 heterocycles. The summed E-state index contributed by atoms with van der Waals surface area (Å²) in [5.74, 6) is 1.62. The van der Waals surface area contributed by atoms with Crippen molar-refractivity contribution in [3.63, 3.8) is 0 Å². The van der Waals surface area contributed by atoms with Gasteiger partial charge in [-0.05, 0) is 85.3 Å². The van der Waals surface area contributed by atoms with Crippen LogP contribution in [0.1, 0.15) is 61.4 Å². The van der Waals surface area contributed by atoms with Crippen molar-refractivity contribution >= 4 is 39.1 Å². The van der Waals surface area contributed by atoms with Crippen LogP contribution < -0.4 is 14.4 Å². The molecule has 0 bridgehead atoms. The molecule has 1 amide bonds. The number of anilines is 1. The minimum atomic E-state index is -1.40. The molecule has 7 nitrogen and oxygen atoms in total. The standard InChI is InChI=1S/C33H35ClN2O5S/c1-21(2)41-29-20-27-23(18-28(29)40-3)19-30(37)36(32(27)22-4-8-25(34)9-5-22)26-10-6-24(7-11-26)33(13-14-33)35-15-12-31(38)42(39)17-16-35/h4-11,18,20-21,32H,12-17,19H2,1-3H3/t32-,42?/m0/s1. The molecule has 1 saturated heterocycles. The van der Waals surface area contributed by atoms with Crippen LogP contribution in [0.2, 0.25) is 5.02 Å². The van der Waals surface area contributed by atoms with E-state index in [1.54, 1.807) is 7.11 Å². The number of rotatable bonds is 7. The topological polar surface area (TPSA) is 76.2 Å². The fourth-order valence-corrected chi connectivity index (χ4v) is 7.41. The molecule has 3 aromatic rings. The van der Waals surface area contributed by atoms with Crippen molar-refractivity contribution in [1.82, 2.24) is 4.90 Å². The molecule has 1 saturated carbocycles. The summed E-state index contributed by atoms with van der Waals surface area (Å²) >= 11 is 6.25. The van der Waals surface area contributed by atoms with Crippen molar-refractivity contribution < 1.29 is 23.3 Å². The van der Waals surface area contributed by atoms with E-state index in [1.807, 2.05) is 67.3 Å². The summed E-state index contributed by atoms with van der Waals surface area (Å²) in [7, 11) is 0.214. The number of fused-ring (bicyclic) bond motifs is 1. The number of methoxy groups -OCH3 is 1. The molecule has 42 heavy (non-hydrogen) atoms. The number of nitrogens with zero attached hydrogens (tertiary/aromatic N) is 2. The largest absolute Gasteiger partial charge is 0.493 e. The number of hydrogen-bond acceptors (Lipinski definition) is 6. The maximum absolute atomic E-state index is 13.9. The van der Waals surface area contributed by atoms with Gasteiger partial charge in [0, 0.05) is 41.5 Å². The second-order valence-electron chi connectivity index (χ2n) is 11.5. The summed E-state index contributed by atoms with van der Waals surface area (Å²) in [5, 5.41) is 0.477. The Labute approximate surface area is 254 Å². The molecule has 0 radical (unpaired) electrons. The van der Waals surface area contributed by atoms with E-state index in [0.29, 0.717) is 41.8 Å². The first-order valence-electron chi connectivity index (χ1n) is 14.4. The van der Waals surface area contributed by atoms with Gasteiger partial charge in [-0.3, -0.25) is 18.7 Å². The van der Waals surface area contributed by atoms with Crippen LogP contribution in [0.15, 0.2) is 60.7 Å².